The number of rotatable bonds is 6. The molecule has 4 nitrogen and oxygen atoms in total. The Labute approximate surface area is 127 Å². The lowest BCUT2D eigenvalue weighted by Gasteiger charge is -2.05. The molecule has 1 aromatic carbocycles. The van der Waals surface area contributed by atoms with E-state index in [1.807, 2.05) is 10.8 Å². The normalized spacial score (nSPS) is 10.8. The molecule has 0 aliphatic carbocycles. The number of methoxy groups -OCH3 is 1. The average Bonchev–Trinajstić information content (AvgIpc) is 2.83. The van der Waals surface area contributed by atoms with E-state index < -0.39 is 0 Å². The van der Waals surface area contributed by atoms with Crippen molar-refractivity contribution in [1.82, 2.24) is 14.8 Å². The third kappa shape index (κ3) is 3.35. The molecular formula is C15H18BrN3O. The van der Waals surface area contributed by atoms with Crippen molar-refractivity contribution in [2.45, 2.75) is 19.9 Å². The molecule has 2 rings (SSSR count). The molecule has 0 aliphatic rings. The molecule has 5 heteroatoms. The monoisotopic (exact) mass is 335 g/mol. The largest absolute Gasteiger partial charge is 0.384 e. The number of hydrogen-bond acceptors (Lipinski definition) is 3. The lowest BCUT2D eigenvalue weighted by molar-refractivity contribution is 0.200. The lowest BCUT2D eigenvalue weighted by Crippen LogP contribution is -2.01. The molecule has 0 saturated heterocycles. The van der Waals surface area contributed by atoms with Gasteiger partial charge in [-0.05, 0) is 18.6 Å². The minimum Gasteiger partial charge on any atom is -0.384 e. The van der Waals surface area contributed by atoms with Gasteiger partial charge in [0, 0.05) is 23.6 Å². The van der Waals surface area contributed by atoms with Gasteiger partial charge < -0.3 is 4.74 Å². The van der Waals surface area contributed by atoms with E-state index in [-0.39, 0.29) is 0 Å². The van der Waals surface area contributed by atoms with Crippen LogP contribution >= 0.6 is 15.9 Å². The van der Waals surface area contributed by atoms with Gasteiger partial charge in [-0.25, -0.2) is 9.67 Å². The van der Waals surface area contributed by atoms with Gasteiger partial charge in [0.05, 0.1) is 13.2 Å². The quantitative estimate of drug-likeness (QED) is 0.759. The summed E-state index contributed by atoms with van der Waals surface area (Å²) >= 11 is 3.56. The van der Waals surface area contributed by atoms with Gasteiger partial charge in [-0.1, -0.05) is 34.1 Å². The standard InChI is InChI=1S/C15H18BrN3O/c1-4-8-19-15(17-14(18-19)7-9-20-3)12-6-5-11(2)13(16)10-12/h4-6,10H,1,7-9H2,2-3H3. The molecule has 0 radical (unpaired) electrons. The van der Waals surface area contributed by atoms with Crippen molar-refractivity contribution in [3.05, 3.63) is 46.7 Å². The summed E-state index contributed by atoms with van der Waals surface area (Å²) in [7, 11) is 1.68. The number of hydrogen-bond donors (Lipinski definition) is 0. The summed E-state index contributed by atoms with van der Waals surface area (Å²) < 4.78 is 8.02. The van der Waals surface area contributed by atoms with E-state index in [2.05, 4.69) is 57.7 Å². The van der Waals surface area contributed by atoms with Gasteiger partial charge in [-0.2, -0.15) is 5.10 Å². The van der Waals surface area contributed by atoms with E-state index in [1.54, 1.807) is 7.11 Å². The van der Waals surface area contributed by atoms with Crippen molar-refractivity contribution in [2.75, 3.05) is 13.7 Å². The maximum Gasteiger partial charge on any atom is 0.158 e. The number of benzene rings is 1. The Bertz CT molecular complexity index is 607. The average molecular weight is 336 g/mol. The van der Waals surface area contributed by atoms with Crippen LogP contribution in [0.25, 0.3) is 11.4 Å². The Morgan fingerprint density at radius 1 is 1.45 bits per heavy atom. The molecule has 0 N–H and O–H groups in total. The molecule has 2 aromatic rings. The fraction of sp³-hybridized carbons (Fsp3) is 0.333. The molecule has 1 aromatic heterocycles. The molecule has 0 aliphatic heterocycles. The number of nitrogens with zero attached hydrogens (tertiary/aromatic N) is 3. The number of halogens is 1. The molecule has 0 bridgehead atoms. The molecular weight excluding hydrogens is 318 g/mol. The highest BCUT2D eigenvalue weighted by atomic mass is 79.9. The van der Waals surface area contributed by atoms with Crippen LogP contribution in [0, 0.1) is 6.92 Å². The summed E-state index contributed by atoms with van der Waals surface area (Å²) in [5.74, 6) is 1.65. The topological polar surface area (TPSA) is 39.9 Å². The highest BCUT2D eigenvalue weighted by molar-refractivity contribution is 9.10. The Morgan fingerprint density at radius 2 is 2.25 bits per heavy atom. The van der Waals surface area contributed by atoms with Crippen LogP contribution in [0.2, 0.25) is 0 Å². The summed E-state index contributed by atoms with van der Waals surface area (Å²) in [4.78, 5) is 4.61. The van der Waals surface area contributed by atoms with E-state index in [0.717, 1.165) is 21.7 Å². The van der Waals surface area contributed by atoms with Gasteiger partial charge in [0.25, 0.3) is 0 Å². The first-order valence-electron chi connectivity index (χ1n) is 6.45. The van der Waals surface area contributed by atoms with Crippen LogP contribution in [-0.4, -0.2) is 28.5 Å². The maximum atomic E-state index is 5.08. The molecule has 20 heavy (non-hydrogen) atoms. The molecule has 0 unspecified atom stereocenters. The predicted octanol–water partition coefficient (Wildman–Crippen LogP) is 3.39. The zero-order valence-corrected chi connectivity index (χ0v) is 13.4. The van der Waals surface area contributed by atoms with E-state index >= 15 is 0 Å². The van der Waals surface area contributed by atoms with Crippen LogP contribution in [0.1, 0.15) is 11.4 Å². The second-order valence-corrected chi connectivity index (χ2v) is 5.38. The lowest BCUT2D eigenvalue weighted by atomic mass is 10.1. The van der Waals surface area contributed by atoms with Crippen molar-refractivity contribution in [3.8, 4) is 11.4 Å². The molecule has 106 valence electrons. The summed E-state index contributed by atoms with van der Waals surface area (Å²) in [5, 5.41) is 4.50. The molecule has 0 saturated carbocycles. The minimum absolute atomic E-state index is 0.620. The summed E-state index contributed by atoms with van der Waals surface area (Å²) in [5.41, 5.74) is 2.24. The van der Waals surface area contributed by atoms with Crippen LogP contribution in [-0.2, 0) is 17.7 Å². The number of aromatic nitrogens is 3. The number of aryl methyl sites for hydroxylation is 1. The second-order valence-electron chi connectivity index (χ2n) is 4.53. The van der Waals surface area contributed by atoms with Crippen LogP contribution in [0.15, 0.2) is 35.3 Å². The minimum atomic E-state index is 0.620. The zero-order chi connectivity index (χ0) is 14.5. The van der Waals surface area contributed by atoms with Crippen molar-refractivity contribution in [3.63, 3.8) is 0 Å². The summed E-state index contributed by atoms with van der Waals surface area (Å²) in [6.07, 6.45) is 2.53. The molecule has 0 fully saturated rings. The first-order valence-corrected chi connectivity index (χ1v) is 7.25. The fourth-order valence-electron chi connectivity index (χ4n) is 1.88. The highest BCUT2D eigenvalue weighted by Gasteiger charge is 2.12. The third-order valence-corrected chi connectivity index (χ3v) is 3.83. The Kier molecular flexibility index (Phi) is 5.09. The van der Waals surface area contributed by atoms with Crippen LogP contribution in [0.4, 0.5) is 0 Å². The van der Waals surface area contributed by atoms with Gasteiger partial charge in [0.15, 0.2) is 11.6 Å². The van der Waals surface area contributed by atoms with Gasteiger partial charge >= 0.3 is 0 Å². The van der Waals surface area contributed by atoms with E-state index in [1.165, 1.54) is 5.56 Å². The Hall–Kier alpha value is -1.46. The summed E-state index contributed by atoms with van der Waals surface area (Å²) in [6, 6.07) is 6.20. The van der Waals surface area contributed by atoms with Crippen molar-refractivity contribution in [1.29, 1.82) is 0 Å². The Morgan fingerprint density at radius 3 is 2.90 bits per heavy atom. The van der Waals surface area contributed by atoms with Crippen molar-refractivity contribution < 1.29 is 4.74 Å². The van der Waals surface area contributed by atoms with Crippen LogP contribution in [0.5, 0.6) is 0 Å². The van der Waals surface area contributed by atoms with Gasteiger partial charge in [0.2, 0.25) is 0 Å². The molecule has 0 spiro atoms. The molecule has 0 atom stereocenters. The van der Waals surface area contributed by atoms with Crippen molar-refractivity contribution in [2.24, 2.45) is 0 Å². The van der Waals surface area contributed by atoms with E-state index in [9.17, 15) is 0 Å². The first kappa shape index (κ1) is 14.9. The van der Waals surface area contributed by atoms with Crippen LogP contribution < -0.4 is 0 Å². The number of allylic oxidation sites excluding steroid dienone is 1. The van der Waals surface area contributed by atoms with Crippen LogP contribution in [0.3, 0.4) is 0 Å². The number of ether oxygens (including phenoxy) is 1. The summed E-state index contributed by atoms with van der Waals surface area (Å²) in [6.45, 7) is 7.09. The van der Waals surface area contributed by atoms with E-state index in [0.29, 0.717) is 19.6 Å². The molecule has 1 heterocycles. The smallest absolute Gasteiger partial charge is 0.158 e. The van der Waals surface area contributed by atoms with Crippen molar-refractivity contribution >= 4 is 15.9 Å². The molecule has 0 amide bonds. The SMILES string of the molecule is C=CCn1nc(CCOC)nc1-c1ccc(C)c(Br)c1. The third-order valence-electron chi connectivity index (χ3n) is 2.98. The first-order chi connectivity index (χ1) is 9.65. The predicted molar refractivity (Wildman–Crippen MR) is 83.7 cm³/mol. The van der Waals surface area contributed by atoms with Gasteiger partial charge in [-0.15, -0.1) is 6.58 Å². The van der Waals surface area contributed by atoms with E-state index in [4.69, 9.17) is 4.74 Å². The van der Waals surface area contributed by atoms with Gasteiger partial charge in [-0.3, -0.25) is 0 Å². The highest BCUT2D eigenvalue weighted by Crippen LogP contribution is 2.24. The fourth-order valence-corrected chi connectivity index (χ4v) is 2.26. The second kappa shape index (κ2) is 6.81. The van der Waals surface area contributed by atoms with Gasteiger partial charge in [0.1, 0.15) is 0 Å². The maximum absolute atomic E-state index is 5.08. The zero-order valence-electron chi connectivity index (χ0n) is 11.8. The Balaban J connectivity index is 2.39.